The predicted octanol–water partition coefficient (Wildman–Crippen LogP) is 2.06. The molecular formula is C10H13ClFNO3. The van der Waals surface area contributed by atoms with Gasteiger partial charge in [-0.25, -0.2) is 9.18 Å². The van der Waals surface area contributed by atoms with Crippen molar-refractivity contribution in [2.75, 3.05) is 0 Å². The maximum Gasteiger partial charge on any atom is 0.339 e. The van der Waals surface area contributed by atoms with Crippen LogP contribution in [0.2, 0.25) is 0 Å². The minimum Gasteiger partial charge on any atom is -0.507 e. The van der Waals surface area contributed by atoms with Crippen LogP contribution in [0.4, 0.5) is 4.39 Å². The van der Waals surface area contributed by atoms with Crippen LogP contribution >= 0.6 is 12.4 Å². The smallest absolute Gasteiger partial charge is 0.339 e. The number of carboxylic acid groups (broad SMARTS) is 1. The Balaban J connectivity index is 0.00000225. The number of nitrogens with two attached hydrogens (primary N) is 1. The van der Waals surface area contributed by atoms with Crippen molar-refractivity contribution in [3.63, 3.8) is 0 Å². The van der Waals surface area contributed by atoms with Crippen molar-refractivity contribution in [3.05, 3.63) is 29.1 Å². The van der Waals surface area contributed by atoms with Gasteiger partial charge in [0.2, 0.25) is 0 Å². The minimum absolute atomic E-state index is 0. The van der Waals surface area contributed by atoms with Gasteiger partial charge in [-0.1, -0.05) is 6.92 Å². The lowest BCUT2D eigenvalue weighted by molar-refractivity contribution is 0.0693. The van der Waals surface area contributed by atoms with Crippen molar-refractivity contribution in [2.24, 2.45) is 5.73 Å². The van der Waals surface area contributed by atoms with Crippen LogP contribution in [0.3, 0.4) is 0 Å². The highest BCUT2D eigenvalue weighted by Gasteiger charge is 2.20. The van der Waals surface area contributed by atoms with Crippen LogP contribution in [0.15, 0.2) is 12.1 Å². The first-order chi connectivity index (χ1) is 6.99. The number of hydrogen-bond acceptors (Lipinski definition) is 3. The molecule has 0 radical (unpaired) electrons. The summed E-state index contributed by atoms with van der Waals surface area (Å²) in [6, 6.07) is 1.30. The Morgan fingerprint density at radius 2 is 2.12 bits per heavy atom. The van der Waals surface area contributed by atoms with E-state index in [-0.39, 0.29) is 23.5 Å². The molecule has 0 unspecified atom stereocenters. The highest BCUT2D eigenvalue weighted by molar-refractivity contribution is 5.91. The number of carboxylic acids is 1. The second-order valence-corrected chi connectivity index (χ2v) is 3.18. The molecule has 90 valence electrons. The van der Waals surface area contributed by atoms with E-state index in [4.69, 9.17) is 10.8 Å². The highest BCUT2D eigenvalue weighted by atomic mass is 35.5. The minimum atomic E-state index is -1.31. The fourth-order valence-corrected chi connectivity index (χ4v) is 1.31. The van der Waals surface area contributed by atoms with E-state index in [1.807, 2.05) is 0 Å². The van der Waals surface area contributed by atoms with Gasteiger partial charge in [0.15, 0.2) is 0 Å². The van der Waals surface area contributed by atoms with Gasteiger partial charge in [-0.2, -0.15) is 0 Å². The lowest BCUT2D eigenvalue weighted by Crippen LogP contribution is -2.13. The van der Waals surface area contributed by atoms with E-state index < -0.39 is 23.6 Å². The molecule has 0 saturated heterocycles. The van der Waals surface area contributed by atoms with Crippen molar-refractivity contribution in [2.45, 2.75) is 19.4 Å². The molecule has 1 rings (SSSR count). The molecule has 0 saturated carbocycles. The molecule has 0 amide bonds. The summed E-state index contributed by atoms with van der Waals surface area (Å²) in [5.41, 5.74) is 5.09. The van der Waals surface area contributed by atoms with E-state index in [2.05, 4.69) is 0 Å². The van der Waals surface area contributed by atoms with Crippen LogP contribution in [0.5, 0.6) is 5.75 Å². The number of phenols is 1. The summed E-state index contributed by atoms with van der Waals surface area (Å²) in [6.45, 7) is 1.72. The number of hydrogen-bond donors (Lipinski definition) is 3. The fourth-order valence-electron chi connectivity index (χ4n) is 1.31. The molecule has 0 heterocycles. The quantitative estimate of drug-likeness (QED) is 0.766. The third-order valence-electron chi connectivity index (χ3n) is 2.20. The van der Waals surface area contributed by atoms with Crippen LogP contribution in [0, 0.1) is 5.82 Å². The van der Waals surface area contributed by atoms with Gasteiger partial charge in [0.25, 0.3) is 0 Å². The molecule has 0 aliphatic carbocycles. The van der Waals surface area contributed by atoms with Crippen molar-refractivity contribution in [1.82, 2.24) is 0 Å². The average molecular weight is 250 g/mol. The van der Waals surface area contributed by atoms with Crippen LogP contribution in [0.1, 0.15) is 35.3 Å². The molecule has 0 bridgehead atoms. The number of aromatic hydroxyl groups is 1. The number of halogens is 2. The summed E-state index contributed by atoms with van der Waals surface area (Å²) in [5, 5.41) is 18.3. The van der Waals surface area contributed by atoms with E-state index in [0.717, 1.165) is 12.1 Å². The normalized spacial score (nSPS) is 11.7. The molecule has 1 atom stereocenters. The van der Waals surface area contributed by atoms with Crippen LogP contribution in [-0.4, -0.2) is 16.2 Å². The van der Waals surface area contributed by atoms with Gasteiger partial charge in [0.1, 0.15) is 17.1 Å². The van der Waals surface area contributed by atoms with Gasteiger partial charge in [-0.3, -0.25) is 0 Å². The summed E-state index contributed by atoms with van der Waals surface area (Å²) in [5.74, 6) is -2.58. The number of benzene rings is 1. The van der Waals surface area contributed by atoms with Crippen molar-refractivity contribution < 1.29 is 19.4 Å². The molecule has 0 fully saturated rings. The van der Waals surface area contributed by atoms with E-state index in [1.54, 1.807) is 6.92 Å². The highest BCUT2D eigenvalue weighted by Crippen LogP contribution is 2.30. The molecule has 4 nitrogen and oxygen atoms in total. The van der Waals surface area contributed by atoms with E-state index in [1.165, 1.54) is 0 Å². The molecule has 1 aromatic rings. The number of aromatic carboxylic acids is 1. The van der Waals surface area contributed by atoms with Crippen LogP contribution in [-0.2, 0) is 0 Å². The van der Waals surface area contributed by atoms with E-state index in [0.29, 0.717) is 6.42 Å². The summed E-state index contributed by atoms with van der Waals surface area (Å²) in [6.07, 6.45) is 0.410. The van der Waals surface area contributed by atoms with Gasteiger partial charge in [-0.05, 0) is 18.6 Å². The molecule has 0 spiro atoms. The van der Waals surface area contributed by atoms with Gasteiger partial charge in [0.05, 0.1) is 0 Å². The van der Waals surface area contributed by atoms with Gasteiger partial charge >= 0.3 is 5.97 Å². The molecule has 1 aromatic carbocycles. The molecule has 0 aliphatic rings. The lowest BCUT2D eigenvalue weighted by Gasteiger charge is -2.13. The van der Waals surface area contributed by atoms with E-state index >= 15 is 0 Å². The third-order valence-corrected chi connectivity index (χ3v) is 2.20. The largest absolute Gasteiger partial charge is 0.507 e. The maximum atomic E-state index is 13.3. The Hall–Kier alpha value is -1.33. The van der Waals surface area contributed by atoms with Crippen LogP contribution in [0.25, 0.3) is 0 Å². The zero-order valence-corrected chi connectivity index (χ0v) is 9.42. The second kappa shape index (κ2) is 5.67. The Morgan fingerprint density at radius 3 is 2.56 bits per heavy atom. The molecule has 0 aliphatic heterocycles. The maximum absolute atomic E-state index is 13.3. The topological polar surface area (TPSA) is 83.6 Å². The summed E-state index contributed by atoms with van der Waals surface area (Å²) in [7, 11) is 0. The zero-order valence-electron chi connectivity index (χ0n) is 8.61. The number of rotatable bonds is 3. The first-order valence-corrected chi connectivity index (χ1v) is 4.49. The Morgan fingerprint density at radius 1 is 1.56 bits per heavy atom. The predicted molar refractivity (Wildman–Crippen MR) is 59.5 cm³/mol. The SMILES string of the molecule is CC[C@@H](N)c1c(F)ccc(C(=O)O)c1O.Cl. The molecular weight excluding hydrogens is 237 g/mol. The van der Waals surface area contributed by atoms with Gasteiger partial charge in [-0.15, -0.1) is 12.4 Å². The van der Waals surface area contributed by atoms with Crippen molar-refractivity contribution >= 4 is 18.4 Å². The zero-order chi connectivity index (χ0) is 11.6. The van der Waals surface area contributed by atoms with Gasteiger partial charge < -0.3 is 15.9 Å². The third kappa shape index (κ3) is 2.62. The number of carbonyl (C=O) groups is 1. The van der Waals surface area contributed by atoms with E-state index in [9.17, 15) is 14.3 Å². The summed E-state index contributed by atoms with van der Waals surface area (Å²) in [4.78, 5) is 10.7. The Labute approximate surface area is 98.3 Å². The van der Waals surface area contributed by atoms with Gasteiger partial charge in [0, 0.05) is 11.6 Å². The van der Waals surface area contributed by atoms with Crippen molar-refractivity contribution in [1.29, 1.82) is 0 Å². The Kier molecular flexibility index (Phi) is 5.20. The fraction of sp³-hybridized carbons (Fsp3) is 0.300. The second-order valence-electron chi connectivity index (χ2n) is 3.18. The first kappa shape index (κ1) is 14.7. The average Bonchev–Trinajstić information content (AvgIpc) is 2.16. The molecule has 0 aromatic heterocycles. The monoisotopic (exact) mass is 249 g/mol. The van der Waals surface area contributed by atoms with Crippen molar-refractivity contribution in [3.8, 4) is 5.75 Å². The molecule has 16 heavy (non-hydrogen) atoms. The molecule has 6 heteroatoms. The van der Waals surface area contributed by atoms with Crippen LogP contribution < -0.4 is 5.73 Å². The molecule has 4 N–H and O–H groups in total. The Bertz CT molecular complexity index is 398. The first-order valence-electron chi connectivity index (χ1n) is 4.49. The standard InChI is InChI=1S/C10H12FNO3.ClH/c1-2-7(12)8-6(11)4-3-5(9(8)13)10(14)15;/h3-4,7,13H,2,12H2,1H3,(H,14,15);1H/t7-;/m1./s1. The summed E-state index contributed by atoms with van der Waals surface area (Å²) >= 11 is 0. The summed E-state index contributed by atoms with van der Waals surface area (Å²) < 4.78 is 13.3. The lowest BCUT2D eigenvalue weighted by atomic mass is 10.0.